The normalized spacial score (nSPS) is 25.6. The molecule has 19 heavy (non-hydrogen) atoms. The fourth-order valence-corrected chi connectivity index (χ4v) is 2.52. The Hall–Kier alpha value is -1.22. The summed E-state index contributed by atoms with van der Waals surface area (Å²) in [7, 11) is 2.01. The average molecular weight is 263 g/mol. The van der Waals surface area contributed by atoms with Gasteiger partial charge in [-0.15, -0.1) is 0 Å². The van der Waals surface area contributed by atoms with Crippen molar-refractivity contribution in [2.24, 2.45) is 0 Å². The second-order valence-corrected chi connectivity index (χ2v) is 5.50. The molecule has 1 aromatic carbocycles. The summed E-state index contributed by atoms with van der Waals surface area (Å²) in [5, 5.41) is 3.39. The first-order chi connectivity index (χ1) is 9.11. The predicted molar refractivity (Wildman–Crippen MR) is 78.0 cm³/mol. The van der Waals surface area contributed by atoms with Crippen LogP contribution in [0.15, 0.2) is 18.2 Å². The van der Waals surface area contributed by atoms with E-state index in [4.69, 9.17) is 9.47 Å². The molecule has 0 saturated carbocycles. The van der Waals surface area contributed by atoms with Crippen molar-refractivity contribution in [3.8, 4) is 11.5 Å². The van der Waals surface area contributed by atoms with Crippen molar-refractivity contribution in [2.45, 2.75) is 51.7 Å². The number of nitrogens with one attached hydrogen (secondary N) is 1. The number of rotatable bonds is 5. The van der Waals surface area contributed by atoms with E-state index in [9.17, 15) is 0 Å². The zero-order valence-corrected chi connectivity index (χ0v) is 12.5. The van der Waals surface area contributed by atoms with Crippen LogP contribution in [0.2, 0.25) is 0 Å². The summed E-state index contributed by atoms with van der Waals surface area (Å²) in [6.07, 6.45) is 3.02. The van der Waals surface area contributed by atoms with Gasteiger partial charge in [0.1, 0.15) is 17.1 Å². The number of ether oxygens (including phenoxy) is 2. The van der Waals surface area contributed by atoms with Crippen LogP contribution in [0.1, 0.15) is 51.6 Å². The quantitative estimate of drug-likeness (QED) is 0.879. The molecule has 0 saturated heterocycles. The maximum Gasteiger partial charge on any atom is 0.128 e. The van der Waals surface area contributed by atoms with Crippen molar-refractivity contribution < 1.29 is 9.47 Å². The van der Waals surface area contributed by atoms with Gasteiger partial charge in [0.05, 0.1) is 6.61 Å². The number of benzene rings is 1. The van der Waals surface area contributed by atoms with Gasteiger partial charge in [-0.3, -0.25) is 0 Å². The molecule has 2 atom stereocenters. The molecule has 1 heterocycles. The Kier molecular flexibility index (Phi) is 4.35. The molecule has 1 aromatic rings. The molecule has 1 aliphatic rings. The topological polar surface area (TPSA) is 30.5 Å². The molecule has 2 rings (SSSR count). The molecular formula is C16H25NO2. The summed E-state index contributed by atoms with van der Waals surface area (Å²) in [4.78, 5) is 0. The van der Waals surface area contributed by atoms with Crippen LogP contribution in [0.3, 0.4) is 0 Å². The Bertz CT molecular complexity index is 433. The van der Waals surface area contributed by atoms with E-state index >= 15 is 0 Å². The lowest BCUT2D eigenvalue weighted by Gasteiger charge is -2.39. The van der Waals surface area contributed by atoms with Gasteiger partial charge in [-0.05, 0) is 32.9 Å². The molecule has 0 fully saturated rings. The number of hydrogen-bond acceptors (Lipinski definition) is 3. The van der Waals surface area contributed by atoms with Crippen LogP contribution in [0.4, 0.5) is 0 Å². The van der Waals surface area contributed by atoms with E-state index in [1.54, 1.807) is 0 Å². The lowest BCUT2D eigenvalue weighted by molar-refractivity contribution is 0.0452. The van der Waals surface area contributed by atoms with E-state index in [0.717, 1.165) is 37.4 Å². The SMILES string of the molecule is CCCOc1ccc2c(c1)OC(C)(CC)CC2NC. The fourth-order valence-electron chi connectivity index (χ4n) is 2.52. The molecule has 0 aliphatic carbocycles. The van der Waals surface area contributed by atoms with Gasteiger partial charge in [-0.25, -0.2) is 0 Å². The van der Waals surface area contributed by atoms with Crippen molar-refractivity contribution >= 4 is 0 Å². The van der Waals surface area contributed by atoms with Crippen molar-refractivity contribution in [1.82, 2.24) is 5.32 Å². The van der Waals surface area contributed by atoms with E-state index in [1.165, 1.54) is 5.56 Å². The summed E-state index contributed by atoms with van der Waals surface area (Å²) in [5.41, 5.74) is 1.14. The first kappa shape index (κ1) is 14.2. The predicted octanol–water partition coefficient (Wildman–Crippen LogP) is 3.69. The molecule has 106 valence electrons. The van der Waals surface area contributed by atoms with Crippen LogP contribution in [0.25, 0.3) is 0 Å². The van der Waals surface area contributed by atoms with Crippen molar-refractivity contribution in [2.75, 3.05) is 13.7 Å². The van der Waals surface area contributed by atoms with Crippen LogP contribution in [0, 0.1) is 0 Å². The van der Waals surface area contributed by atoms with Gasteiger partial charge >= 0.3 is 0 Å². The average Bonchev–Trinajstić information content (AvgIpc) is 2.43. The van der Waals surface area contributed by atoms with Crippen LogP contribution in [0.5, 0.6) is 11.5 Å². The molecule has 0 bridgehead atoms. The molecule has 0 spiro atoms. The summed E-state index contributed by atoms with van der Waals surface area (Å²) >= 11 is 0. The third kappa shape index (κ3) is 3.03. The molecule has 1 aliphatic heterocycles. The van der Waals surface area contributed by atoms with E-state index < -0.39 is 0 Å². The summed E-state index contributed by atoms with van der Waals surface area (Å²) in [5.74, 6) is 1.86. The molecule has 2 unspecified atom stereocenters. The van der Waals surface area contributed by atoms with Crippen LogP contribution in [-0.4, -0.2) is 19.3 Å². The third-order valence-corrected chi connectivity index (χ3v) is 3.92. The van der Waals surface area contributed by atoms with Gasteiger partial charge in [0.15, 0.2) is 0 Å². The van der Waals surface area contributed by atoms with Gasteiger partial charge in [0, 0.05) is 24.1 Å². The second kappa shape index (κ2) is 5.83. The first-order valence-electron chi connectivity index (χ1n) is 7.25. The zero-order chi connectivity index (χ0) is 13.9. The highest BCUT2D eigenvalue weighted by atomic mass is 16.5. The zero-order valence-electron chi connectivity index (χ0n) is 12.5. The lowest BCUT2D eigenvalue weighted by Crippen LogP contribution is -2.40. The minimum Gasteiger partial charge on any atom is -0.493 e. The van der Waals surface area contributed by atoms with E-state index in [0.29, 0.717) is 6.04 Å². The van der Waals surface area contributed by atoms with E-state index in [1.807, 2.05) is 19.2 Å². The monoisotopic (exact) mass is 263 g/mol. The number of hydrogen-bond donors (Lipinski definition) is 1. The summed E-state index contributed by atoms with van der Waals surface area (Å²) in [6.45, 7) is 7.22. The largest absolute Gasteiger partial charge is 0.493 e. The Morgan fingerprint density at radius 1 is 1.42 bits per heavy atom. The first-order valence-corrected chi connectivity index (χ1v) is 7.25. The maximum absolute atomic E-state index is 6.20. The standard InChI is InChI=1S/C16H25NO2/c1-5-9-18-12-7-8-13-14(17-4)11-16(3,6-2)19-15(13)10-12/h7-8,10,14,17H,5-6,9,11H2,1-4H3. The van der Waals surface area contributed by atoms with Gasteiger partial charge in [-0.2, -0.15) is 0 Å². The highest BCUT2D eigenvalue weighted by molar-refractivity contribution is 5.44. The Morgan fingerprint density at radius 2 is 2.21 bits per heavy atom. The molecule has 3 heteroatoms. The van der Waals surface area contributed by atoms with E-state index in [-0.39, 0.29) is 5.60 Å². The number of fused-ring (bicyclic) bond motifs is 1. The minimum atomic E-state index is -0.0932. The Morgan fingerprint density at radius 3 is 2.84 bits per heavy atom. The second-order valence-electron chi connectivity index (χ2n) is 5.50. The highest BCUT2D eigenvalue weighted by Crippen LogP contribution is 2.42. The third-order valence-electron chi connectivity index (χ3n) is 3.92. The molecule has 0 radical (unpaired) electrons. The molecule has 1 N–H and O–H groups in total. The summed E-state index contributed by atoms with van der Waals surface area (Å²) in [6, 6.07) is 6.55. The molecule has 0 aromatic heterocycles. The Labute approximate surface area is 116 Å². The highest BCUT2D eigenvalue weighted by Gasteiger charge is 2.35. The van der Waals surface area contributed by atoms with Crippen molar-refractivity contribution in [3.63, 3.8) is 0 Å². The fraction of sp³-hybridized carbons (Fsp3) is 0.625. The minimum absolute atomic E-state index is 0.0932. The molecule has 3 nitrogen and oxygen atoms in total. The summed E-state index contributed by atoms with van der Waals surface area (Å²) < 4.78 is 11.9. The van der Waals surface area contributed by atoms with Crippen LogP contribution < -0.4 is 14.8 Å². The molecule has 0 amide bonds. The maximum atomic E-state index is 6.20. The smallest absolute Gasteiger partial charge is 0.128 e. The van der Waals surface area contributed by atoms with Crippen LogP contribution >= 0.6 is 0 Å². The van der Waals surface area contributed by atoms with Gasteiger partial charge in [0.25, 0.3) is 0 Å². The van der Waals surface area contributed by atoms with Crippen molar-refractivity contribution in [1.29, 1.82) is 0 Å². The van der Waals surface area contributed by atoms with Gasteiger partial charge in [-0.1, -0.05) is 19.9 Å². The Balaban J connectivity index is 2.28. The van der Waals surface area contributed by atoms with Crippen LogP contribution in [-0.2, 0) is 0 Å². The molecular weight excluding hydrogens is 238 g/mol. The van der Waals surface area contributed by atoms with Gasteiger partial charge < -0.3 is 14.8 Å². The van der Waals surface area contributed by atoms with Gasteiger partial charge in [0.2, 0.25) is 0 Å². The van der Waals surface area contributed by atoms with Crippen molar-refractivity contribution in [3.05, 3.63) is 23.8 Å². The lowest BCUT2D eigenvalue weighted by atomic mass is 9.87. The van der Waals surface area contributed by atoms with E-state index in [2.05, 4.69) is 32.2 Å².